The highest BCUT2D eigenvalue weighted by atomic mass is 35.5. The Morgan fingerprint density at radius 1 is 0.727 bits per heavy atom. The van der Waals surface area contributed by atoms with Crippen molar-refractivity contribution < 1.29 is 4.74 Å². The second kappa shape index (κ2) is 7.75. The van der Waals surface area contributed by atoms with Crippen molar-refractivity contribution in [2.75, 3.05) is 11.5 Å². The van der Waals surface area contributed by atoms with Gasteiger partial charge in [0.05, 0.1) is 0 Å². The summed E-state index contributed by atoms with van der Waals surface area (Å²) in [6.45, 7) is 0. The number of nitrogens with zero attached hydrogens (tertiary/aromatic N) is 4. The summed E-state index contributed by atoms with van der Waals surface area (Å²) < 4.78 is 5.40. The monoisotopic (exact) mass is 316 g/mol. The standard InChI is InChI=1S/C10H9N3O.C4H4ClN3/c11-9-6-7-10(13-12-9)14-8-4-2-1-3-5-8;5-3-1-2-4(6)8-7-3/h1-7H,(H2,11,12);1-2H,(H2,6,8). The molecule has 3 rings (SSSR count). The van der Waals surface area contributed by atoms with Gasteiger partial charge in [0.2, 0.25) is 5.88 Å². The number of benzene rings is 1. The molecule has 0 unspecified atom stereocenters. The molecule has 0 fully saturated rings. The molecule has 0 atom stereocenters. The highest BCUT2D eigenvalue weighted by molar-refractivity contribution is 6.29. The van der Waals surface area contributed by atoms with E-state index in [1.807, 2.05) is 30.3 Å². The van der Waals surface area contributed by atoms with Gasteiger partial charge in [0, 0.05) is 6.07 Å². The van der Waals surface area contributed by atoms with Crippen LogP contribution >= 0.6 is 11.6 Å². The van der Waals surface area contributed by atoms with Crippen LogP contribution < -0.4 is 16.2 Å². The number of para-hydroxylation sites is 1. The minimum Gasteiger partial charge on any atom is -0.438 e. The molecule has 2 heterocycles. The molecule has 0 saturated carbocycles. The van der Waals surface area contributed by atoms with Gasteiger partial charge >= 0.3 is 0 Å². The lowest BCUT2D eigenvalue weighted by Crippen LogP contribution is -1.94. The van der Waals surface area contributed by atoms with Crippen LogP contribution in [0.4, 0.5) is 11.6 Å². The van der Waals surface area contributed by atoms with Crippen molar-refractivity contribution in [3.8, 4) is 11.6 Å². The van der Waals surface area contributed by atoms with E-state index in [0.29, 0.717) is 22.7 Å². The van der Waals surface area contributed by atoms with Gasteiger partial charge in [-0.2, -0.15) is 0 Å². The van der Waals surface area contributed by atoms with Crippen molar-refractivity contribution >= 4 is 23.2 Å². The van der Waals surface area contributed by atoms with E-state index >= 15 is 0 Å². The molecule has 4 N–H and O–H groups in total. The average Bonchev–Trinajstić information content (AvgIpc) is 2.54. The van der Waals surface area contributed by atoms with Crippen LogP contribution in [0.15, 0.2) is 54.6 Å². The molecule has 2 aromatic heterocycles. The number of halogens is 1. The number of ether oxygens (including phenoxy) is 1. The van der Waals surface area contributed by atoms with Gasteiger partial charge < -0.3 is 16.2 Å². The Labute approximate surface area is 131 Å². The van der Waals surface area contributed by atoms with Gasteiger partial charge in [0.25, 0.3) is 0 Å². The van der Waals surface area contributed by atoms with E-state index in [1.54, 1.807) is 24.3 Å². The third-order valence-corrected chi connectivity index (χ3v) is 2.48. The molecule has 22 heavy (non-hydrogen) atoms. The molecule has 0 aliphatic carbocycles. The molecule has 0 aliphatic heterocycles. The van der Waals surface area contributed by atoms with E-state index in [2.05, 4.69) is 20.4 Å². The molecule has 0 aliphatic rings. The minimum atomic E-state index is 0.360. The molecule has 0 spiro atoms. The number of nitrogens with two attached hydrogens (primary N) is 2. The third-order valence-electron chi connectivity index (χ3n) is 2.28. The number of hydrogen-bond acceptors (Lipinski definition) is 7. The van der Waals surface area contributed by atoms with Crippen LogP contribution in [0.5, 0.6) is 11.6 Å². The first kappa shape index (κ1) is 15.5. The molecule has 112 valence electrons. The van der Waals surface area contributed by atoms with E-state index in [9.17, 15) is 0 Å². The SMILES string of the molecule is Nc1ccc(Cl)nn1.Nc1ccc(Oc2ccccc2)nn1. The molecule has 0 amide bonds. The van der Waals surface area contributed by atoms with Gasteiger partial charge in [-0.1, -0.05) is 29.8 Å². The van der Waals surface area contributed by atoms with Crippen molar-refractivity contribution in [2.24, 2.45) is 0 Å². The second-order valence-electron chi connectivity index (χ2n) is 3.99. The van der Waals surface area contributed by atoms with Gasteiger partial charge in [-0.15, -0.1) is 20.4 Å². The molecular weight excluding hydrogens is 304 g/mol. The highest BCUT2D eigenvalue weighted by Gasteiger charge is 1.97. The van der Waals surface area contributed by atoms with E-state index in [1.165, 1.54) is 0 Å². The lowest BCUT2D eigenvalue weighted by molar-refractivity contribution is 0.456. The Kier molecular flexibility index (Phi) is 5.44. The van der Waals surface area contributed by atoms with Gasteiger partial charge in [0.15, 0.2) is 5.15 Å². The van der Waals surface area contributed by atoms with Crippen LogP contribution in [0, 0.1) is 0 Å². The van der Waals surface area contributed by atoms with Crippen LogP contribution in [-0.2, 0) is 0 Å². The largest absolute Gasteiger partial charge is 0.438 e. The number of rotatable bonds is 2. The predicted octanol–water partition coefficient (Wildman–Crippen LogP) is 2.56. The Balaban J connectivity index is 0.000000188. The van der Waals surface area contributed by atoms with Crippen LogP contribution in [0.25, 0.3) is 0 Å². The first-order valence-electron chi connectivity index (χ1n) is 6.20. The maximum atomic E-state index is 5.40. The van der Waals surface area contributed by atoms with E-state index in [-0.39, 0.29) is 0 Å². The quantitative estimate of drug-likeness (QED) is 0.746. The van der Waals surface area contributed by atoms with Crippen LogP contribution in [-0.4, -0.2) is 20.4 Å². The maximum Gasteiger partial charge on any atom is 0.238 e. The summed E-state index contributed by atoms with van der Waals surface area (Å²) in [5, 5.41) is 14.8. The average molecular weight is 317 g/mol. The first-order chi connectivity index (χ1) is 10.6. The number of anilines is 2. The van der Waals surface area contributed by atoms with Crippen LogP contribution in [0.2, 0.25) is 5.15 Å². The summed E-state index contributed by atoms with van der Waals surface area (Å²) in [6.07, 6.45) is 0. The summed E-state index contributed by atoms with van der Waals surface area (Å²) in [4.78, 5) is 0. The smallest absolute Gasteiger partial charge is 0.238 e. The zero-order valence-corrected chi connectivity index (χ0v) is 12.2. The first-order valence-corrected chi connectivity index (χ1v) is 6.58. The minimum absolute atomic E-state index is 0.360. The van der Waals surface area contributed by atoms with E-state index in [0.717, 1.165) is 5.75 Å². The van der Waals surface area contributed by atoms with Crippen molar-refractivity contribution in [1.29, 1.82) is 0 Å². The summed E-state index contributed by atoms with van der Waals surface area (Å²) in [5.41, 5.74) is 10.6. The molecule has 0 saturated heterocycles. The summed E-state index contributed by atoms with van der Waals surface area (Å²) in [5.74, 6) is 1.93. The molecule has 7 nitrogen and oxygen atoms in total. The zero-order chi connectivity index (χ0) is 15.8. The van der Waals surface area contributed by atoms with E-state index < -0.39 is 0 Å². The molecule has 8 heteroatoms. The van der Waals surface area contributed by atoms with Gasteiger partial charge in [-0.3, -0.25) is 0 Å². The van der Waals surface area contributed by atoms with Crippen molar-refractivity contribution in [1.82, 2.24) is 20.4 Å². The summed E-state index contributed by atoms with van der Waals surface area (Å²) >= 11 is 5.38. The van der Waals surface area contributed by atoms with E-state index in [4.69, 9.17) is 27.8 Å². The Morgan fingerprint density at radius 3 is 1.86 bits per heavy atom. The summed E-state index contributed by atoms with van der Waals surface area (Å²) in [6, 6.07) is 15.9. The maximum absolute atomic E-state index is 5.40. The Morgan fingerprint density at radius 2 is 1.36 bits per heavy atom. The molecule has 0 bridgehead atoms. The normalized spacial score (nSPS) is 9.50. The third kappa shape index (κ3) is 5.22. The van der Waals surface area contributed by atoms with Crippen LogP contribution in [0.3, 0.4) is 0 Å². The van der Waals surface area contributed by atoms with Gasteiger partial charge in [-0.05, 0) is 30.3 Å². The fraction of sp³-hybridized carbons (Fsp3) is 0. The number of hydrogen-bond donors (Lipinski definition) is 2. The van der Waals surface area contributed by atoms with Gasteiger partial charge in [0.1, 0.15) is 17.4 Å². The molecule has 1 aromatic carbocycles. The molecular formula is C14H13ClN6O. The zero-order valence-electron chi connectivity index (χ0n) is 11.4. The number of aromatic nitrogens is 4. The lowest BCUT2D eigenvalue weighted by atomic mass is 10.3. The van der Waals surface area contributed by atoms with Crippen molar-refractivity contribution in [3.63, 3.8) is 0 Å². The topological polar surface area (TPSA) is 113 Å². The van der Waals surface area contributed by atoms with Crippen molar-refractivity contribution in [3.05, 3.63) is 59.8 Å². The van der Waals surface area contributed by atoms with Crippen LogP contribution in [0.1, 0.15) is 0 Å². The fourth-order valence-corrected chi connectivity index (χ4v) is 1.42. The Hall–Kier alpha value is -2.93. The summed E-state index contributed by atoms with van der Waals surface area (Å²) in [7, 11) is 0. The second-order valence-corrected chi connectivity index (χ2v) is 4.38. The Bertz CT molecular complexity index is 670. The molecule has 0 radical (unpaired) electrons. The predicted molar refractivity (Wildman–Crippen MR) is 84.4 cm³/mol. The van der Waals surface area contributed by atoms with Gasteiger partial charge in [-0.25, -0.2) is 0 Å². The highest BCUT2D eigenvalue weighted by Crippen LogP contribution is 2.17. The number of nitrogen functional groups attached to an aromatic ring is 2. The fourth-order valence-electron chi connectivity index (χ4n) is 1.32. The molecule has 3 aromatic rings. The lowest BCUT2D eigenvalue weighted by Gasteiger charge is -2.02. The van der Waals surface area contributed by atoms with Crippen molar-refractivity contribution in [2.45, 2.75) is 0 Å².